The number of benzene rings is 2. The third-order valence-corrected chi connectivity index (χ3v) is 4.36. The number of carbonyl (C=O) groups excluding carboxylic acids is 1. The zero-order valence-corrected chi connectivity index (χ0v) is 15.8. The molecule has 0 saturated carbocycles. The molecule has 2 aromatic rings. The van der Waals surface area contributed by atoms with E-state index in [0.29, 0.717) is 46.2 Å². The van der Waals surface area contributed by atoms with E-state index in [1.54, 1.807) is 30.3 Å². The lowest BCUT2D eigenvalue weighted by Crippen LogP contribution is -2.35. The van der Waals surface area contributed by atoms with Gasteiger partial charge in [-0.1, -0.05) is 23.2 Å². The standard InChI is InChI=1S/C19H16Cl2N2O4/c20-13-2-4-16(15(21)10-13)27-12-19(24)23(7-1-6-22)14-3-5-17-18(11-14)26-9-8-25-17/h2-5,10-11H,1,7-9,12H2. The Labute approximate surface area is 166 Å². The summed E-state index contributed by atoms with van der Waals surface area (Å²) < 4.78 is 16.6. The first-order chi connectivity index (χ1) is 13.1. The molecule has 0 saturated heterocycles. The fourth-order valence-electron chi connectivity index (χ4n) is 2.57. The van der Waals surface area contributed by atoms with Crippen molar-refractivity contribution in [1.82, 2.24) is 0 Å². The fourth-order valence-corrected chi connectivity index (χ4v) is 3.03. The molecular formula is C19H16Cl2N2O4. The predicted molar refractivity (Wildman–Crippen MR) is 102 cm³/mol. The van der Waals surface area contributed by atoms with Crippen LogP contribution in [-0.4, -0.2) is 32.3 Å². The molecule has 1 aliphatic rings. The van der Waals surface area contributed by atoms with Gasteiger partial charge in [-0.15, -0.1) is 0 Å². The van der Waals surface area contributed by atoms with Crippen LogP contribution < -0.4 is 19.1 Å². The molecular weight excluding hydrogens is 391 g/mol. The van der Waals surface area contributed by atoms with Crippen LogP contribution in [-0.2, 0) is 4.79 Å². The van der Waals surface area contributed by atoms with Gasteiger partial charge in [0.15, 0.2) is 18.1 Å². The molecule has 1 heterocycles. The fraction of sp³-hybridized carbons (Fsp3) is 0.263. The molecule has 0 aliphatic carbocycles. The molecule has 3 rings (SSSR count). The van der Waals surface area contributed by atoms with Gasteiger partial charge in [0.1, 0.15) is 19.0 Å². The molecule has 0 unspecified atom stereocenters. The summed E-state index contributed by atoms with van der Waals surface area (Å²) in [5.41, 5.74) is 0.602. The number of amides is 1. The molecule has 0 aromatic heterocycles. The number of rotatable bonds is 6. The molecule has 0 fully saturated rings. The number of hydrogen-bond acceptors (Lipinski definition) is 5. The Bertz CT molecular complexity index is 882. The Morgan fingerprint density at radius 2 is 1.93 bits per heavy atom. The van der Waals surface area contributed by atoms with Crippen LogP contribution in [0.1, 0.15) is 6.42 Å². The summed E-state index contributed by atoms with van der Waals surface area (Å²) in [4.78, 5) is 14.2. The van der Waals surface area contributed by atoms with Gasteiger partial charge in [0, 0.05) is 23.3 Å². The van der Waals surface area contributed by atoms with Crippen molar-refractivity contribution >= 4 is 34.8 Å². The Kier molecular flexibility index (Phi) is 6.28. The first-order valence-corrected chi connectivity index (χ1v) is 8.99. The largest absolute Gasteiger partial charge is 0.486 e. The van der Waals surface area contributed by atoms with Crippen molar-refractivity contribution in [3.63, 3.8) is 0 Å². The van der Waals surface area contributed by atoms with Gasteiger partial charge in [0.2, 0.25) is 0 Å². The highest BCUT2D eigenvalue weighted by Gasteiger charge is 2.20. The molecule has 6 nitrogen and oxygen atoms in total. The van der Waals surface area contributed by atoms with Crippen molar-refractivity contribution in [1.29, 1.82) is 5.26 Å². The normalized spacial score (nSPS) is 12.2. The molecule has 1 aliphatic heterocycles. The van der Waals surface area contributed by atoms with Crippen molar-refractivity contribution in [2.24, 2.45) is 0 Å². The van der Waals surface area contributed by atoms with Crippen LogP contribution in [0.3, 0.4) is 0 Å². The van der Waals surface area contributed by atoms with Gasteiger partial charge in [-0.3, -0.25) is 4.79 Å². The van der Waals surface area contributed by atoms with Crippen LogP contribution in [0, 0.1) is 11.3 Å². The first kappa shape index (κ1) is 19.2. The molecule has 0 N–H and O–H groups in total. The molecule has 27 heavy (non-hydrogen) atoms. The molecule has 0 bridgehead atoms. The van der Waals surface area contributed by atoms with E-state index in [1.807, 2.05) is 6.07 Å². The Hall–Kier alpha value is -2.62. The van der Waals surface area contributed by atoms with Gasteiger partial charge in [0.05, 0.1) is 17.5 Å². The lowest BCUT2D eigenvalue weighted by atomic mass is 10.2. The number of hydrogen-bond donors (Lipinski definition) is 0. The van der Waals surface area contributed by atoms with Gasteiger partial charge >= 0.3 is 0 Å². The van der Waals surface area contributed by atoms with E-state index < -0.39 is 0 Å². The Morgan fingerprint density at radius 1 is 1.15 bits per heavy atom. The van der Waals surface area contributed by atoms with E-state index >= 15 is 0 Å². The number of carbonyl (C=O) groups is 1. The number of halogens is 2. The third-order valence-electron chi connectivity index (χ3n) is 3.83. The molecule has 140 valence electrons. The van der Waals surface area contributed by atoms with E-state index in [0.717, 1.165) is 0 Å². The zero-order valence-electron chi connectivity index (χ0n) is 14.3. The van der Waals surface area contributed by atoms with Crippen LogP contribution in [0.2, 0.25) is 10.0 Å². The van der Waals surface area contributed by atoms with Crippen molar-refractivity contribution < 1.29 is 19.0 Å². The quantitative estimate of drug-likeness (QED) is 0.722. The molecule has 0 atom stereocenters. The molecule has 0 radical (unpaired) electrons. The van der Waals surface area contributed by atoms with Crippen LogP contribution >= 0.6 is 23.2 Å². The molecule has 8 heteroatoms. The number of nitrogens with zero attached hydrogens (tertiary/aromatic N) is 2. The SMILES string of the molecule is N#CCCN(C(=O)COc1ccc(Cl)cc1Cl)c1ccc2c(c1)OCCO2. The monoisotopic (exact) mass is 406 g/mol. The van der Waals surface area contributed by atoms with Gasteiger partial charge in [-0.05, 0) is 30.3 Å². The lowest BCUT2D eigenvalue weighted by Gasteiger charge is -2.25. The summed E-state index contributed by atoms with van der Waals surface area (Å²) in [5.74, 6) is 1.24. The minimum Gasteiger partial charge on any atom is -0.486 e. The van der Waals surface area contributed by atoms with E-state index in [9.17, 15) is 4.79 Å². The third kappa shape index (κ3) is 4.76. The second-order valence-corrected chi connectivity index (χ2v) is 6.49. The number of fused-ring (bicyclic) bond motifs is 1. The van der Waals surface area contributed by atoms with E-state index in [1.165, 1.54) is 11.0 Å². The number of ether oxygens (including phenoxy) is 3. The maximum Gasteiger partial charge on any atom is 0.264 e. The van der Waals surface area contributed by atoms with Crippen LogP contribution in [0.25, 0.3) is 0 Å². The smallest absolute Gasteiger partial charge is 0.264 e. The topological polar surface area (TPSA) is 71.8 Å². The van der Waals surface area contributed by atoms with Gasteiger partial charge in [0.25, 0.3) is 5.91 Å². The van der Waals surface area contributed by atoms with Crippen LogP contribution in [0.4, 0.5) is 5.69 Å². The Morgan fingerprint density at radius 3 is 2.67 bits per heavy atom. The van der Waals surface area contributed by atoms with Gasteiger partial charge < -0.3 is 19.1 Å². The van der Waals surface area contributed by atoms with E-state index in [-0.39, 0.29) is 25.5 Å². The summed E-state index contributed by atoms with van der Waals surface area (Å²) in [7, 11) is 0. The van der Waals surface area contributed by atoms with Crippen molar-refractivity contribution in [2.75, 3.05) is 31.3 Å². The molecule has 0 spiro atoms. The lowest BCUT2D eigenvalue weighted by molar-refractivity contribution is -0.120. The van der Waals surface area contributed by atoms with E-state index in [2.05, 4.69) is 0 Å². The van der Waals surface area contributed by atoms with Crippen molar-refractivity contribution in [3.05, 3.63) is 46.4 Å². The minimum atomic E-state index is -0.312. The summed E-state index contributed by atoms with van der Waals surface area (Å²) in [6.45, 7) is 0.924. The van der Waals surface area contributed by atoms with Crippen LogP contribution in [0.15, 0.2) is 36.4 Å². The highest BCUT2D eigenvalue weighted by molar-refractivity contribution is 6.35. The average Bonchev–Trinajstić information content (AvgIpc) is 2.67. The summed E-state index contributed by atoms with van der Waals surface area (Å²) in [6.07, 6.45) is 0.182. The number of nitriles is 1. The van der Waals surface area contributed by atoms with Crippen LogP contribution in [0.5, 0.6) is 17.2 Å². The highest BCUT2D eigenvalue weighted by Crippen LogP contribution is 2.34. The highest BCUT2D eigenvalue weighted by atomic mass is 35.5. The maximum atomic E-state index is 12.7. The summed E-state index contributed by atoms with van der Waals surface area (Å²) in [6, 6.07) is 12.0. The summed E-state index contributed by atoms with van der Waals surface area (Å²) in [5, 5.41) is 9.71. The minimum absolute atomic E-state index is 0.182. The first-order valence-electron chi connectivity index (χ1n) is 8.23. The van der Waals surface area contributed by atoms with Crippen molar-refractivity contribution in [3.8, 4) is 23.3 Å². The van der Waals surface area contributed by atoms with Gasteiger partial charge in [-0.2, -0.15) is 5.26 Å². The Balaban J connectivity index is 1.75. The average molecular weight is 407 g/mol. The molecule has 2 aromatic carbocycles. The zero-order chi connectivity index (χ0) is 19.2. The van der Waals surface area contributed by atoms with E-state index in [4.69, 9.17) is 42.7 Å². The molecule has 1 amide bonds. The maximum absolute atomic E-state index is 12.7. The van der Waals surface area contributed by atoms with Crippen molar-refractivity contribution in [2.45, 2.75) is 6.42 Å². The second kappa shape index (κ2) is 8.85. The second-order valence-electron chi connectivity index (χ2n) is 5.64. The number of anilines is 1. The predicted octanol–water partition coefficient (Wildman–Crippen LogP) is 4.09. The summed E-state index contributed by atoms with van der Waals surface area (Å²) >= 11 is 11.9. The van der Waals surface area contributed by atoms with Gasteiger partial charge in [-0.25, -0.2) is 0 Å².